The number of nitrogens with zero attached hydrogens (tertiary/aromatic N) is 1. The normalized spacial score (nSPS) is 11.8. The van der Waals surface area contributed by atoms with E-state index in [1.807, 2.05) is 85.8 Å². The van der Waals surface area contributed by atoms with Gasteiger partial charge in [-0.3, -0.25) is 9.59 Å². The summed E-state index contributed by atoms with van der Waals surface area (Å²) < 4.78 is 6.04. The minimum Gasteiger partial charge on any atom is -0.487 e. The highest BCUT2D eigenvalue weighted by molar-refractivity contribution is 5.88. The number of nitrogens with one attached hydrogen (secondary N) is 1. The standard InChI is InChI=1S/C32H28N2O4/c1-21(32(37)33-19-23-8-6-22(7-9-23)16-31(35)36)26-11-10-24-13-15-29(18-27(24)17-26)38-20-28-14-12-25-4-2-3-5-30(25)34-28/h2-15,17-18,21H,16,19-20H2,1H3,(H,33,37)(H,35,36)/t21-/m1/s1. The van der Waals surface area contributed by atoms with Gasteiger partial charge in [-0.2, -0.15) is 0 Å². The van der Waals surface area contributed by atoms with E-state index in [-0.39, 0.29) is 18.2 Å². The third kappa shape index (κ3) is 5.98. The van der Waals surface area contributed by atoms with Gasteiger partial charge in [-0.1, -0.05) is 72.8 Å². The van der Waals surface area contributed by atoms with Crippen molar-refractivity contribution in [1.82, 2.24) is 10.3 Å². The maximum absolute atomic E-state index is 12.9. The molecule has 38 heavy (non-hydrogen) atoms. The van der Waals surface area contributed by atoms with Crippen LogP contribution in [0.15, 0.2) is 97.1 Å². The van der Waals surface area contributed by atoms with Gasteiger partial charge in [0.05, 0.1) is 23.5 Å². The monoisotopic (exact) mass is 504 g/mol. The number of pyridine rings is 1. The lowest BCUT2D eigenvalue weighted by Crippen LogP contribution is -2.27. The van der Waals surface area contributed by atoms with Crippen LogP contribution in [-0.4, -0.2) is 22.0 Å². The fourth-order valence-electron chi connectivity index (χ4n) is 4.39. The molecular weight excluding hydrogens is 476 g/mol. The number of amides is 1. The summed E-state index contributed by atoms with van der Waals surface area (Å²) in [6.07, 6.45) is -0.0152. The first-order valence-electron chi connectivity index (χ1n) is 12.5. The van der Waals surface area contributed by atoms with Crippen molar-refractivity contribution in [3.63, 3.8) is 0 Å². The Morgan fingerprint density at radius 2 is 1.58 bits per heavy atom. The van der Waals surface area contributed by atoms with Crippen LogP contribution in [-0.2, 0) is 29.2 Å². The Balaban J connectivity index is 1.22. The quantitative estimate of drug-likeness (QED) is 0.257. The van der Waals surface area contributed by atoms with Crippen LogP contribution in [0.25, 0.3) is 21.7 Å². The van der Waals surface area contributed by atoms with Gasteiger partial charge in [-0.05, 0) is 58.7 Å². The third-order valence-electron chi connectivity index (χ3n) is 6.62. The lowest BCUT2D eigenvalue weighted by atomic mass is 9.97. The SMILES string of the molecule is C[C@@H](C(=O)NCc1ccc(CC(=O)O)cc1)c1ccc2ccc(OCc3ccc4ccccc4n3)cc2c1. The Morgan fingerprint density at radius 1 is 0.842 bits per heavy atom. The van der Waals surface area contributed by atoms with Crippen molar-refractivity contribution in [3.8, 4) is 5.75 Å². The van der Waals surface area contributed by atoms with Crippen LogP contribution in [0.5, 0.6) is 5.75 Å². The number of benzene rings is 4. The topological polar surface area (TPSA) is 88.5 Å². The number of carbonyl (C=O) groups excluding carboxylic acids is 1. The molecule has 5 aromatic rings. The molecule has 6 heteroatoms. The van der Waals surface area contributed by atoms with Crippen LogP contribution in [0.3, 0.4) is 0 Å². The first-order valence-corrected chi connectivity index (χ1v) is 12.5. The number of hydrogen-bond acceptors (Lipinski definition) is 4. The second kappa shape index (κ2) is 11.1. The summed E-state index contributed by atoms with van der Waals surface area (Å²) in [7, 11) is 0. The zero-order valence-electron chi connectivity index (χ0n) is 21.1. The van der Waals surface area contributed by atoms with Crippen LogP contribution < -0.4 is 10.1 Å². The number of carboxylic acids is 1. The summed E-state index contributed by atoms with van der Waals surface area (Å²) in [5.74, 6) is -0.533. The Bertz CT molecular complexity index is 1610. The van der Waals surface area contributed by atoms with E-state index in [0.717, 1.165) is 49.8 Å². The molecule has 0 aliphatic rings. The summed E-state index contributed by atoms with van der Waals surface area (Å²) in [6.45, 7) is 2.63. The van der Waals surface area contributed by atoms with Gasteiger partial charge in [0.2, 0.25) is 5.91 Å². The molecule has 190 valence electrons. The van der Waals surface area contributed by atoms with Gasteiger partial charge < -0.3 is 15.2 Å². The highest BCUT2D eigenvalue weighted by atomic mass is 16.5. The number of para-hydroxylation sites is 1. The van der Waals surface area contributed by atoms with Crippen molar-refractivity contribution < 1.29 is 19.4 Å². The number of carboxylic acid groups (broad SMARTS) is 1. The van der Waals surface area contributed by atoms with Crippen molar-refractivity contribution in [1.29, 1.82) is 0 Å². The first-order chi connectivity index (χ1) is 18.4. The van der Waals surface area contributed by atoms with E-state index in [1.165, 1.54) is 0 Å². The van der Waals surface area contributed by atoms with Crippen molar-refractivity contribution in [3.05, 3.63) is 119 Å². The Morgan fingerprint density at radius 3 is 2.39 bits per heavy atom. The van der Waals surface area contributed by atoms with E-state index in [2.05, 4.69) is 16.4 Å². The summed E-state index contributed by atoms with van der Waals surface area (Å²) in [6, 6.07) is 31.2. The minimum absolute atomic E-state index is 0.0152. The van der Waals surface area contributed by atoms with E-state index in [9.17, 15) is 9.59 Å². The maximum Gasteiger partial charge on any atom is 0.307 e. The average Bonchev–Trinajstić information content (AvgIpc) is 2.94. The van der Waals surface area contributed by atoms with Gasteiger partial charge in [-0.15, -0.1) is 0 Å². The van der Waals surface area contributed by atoms with Gasteiger partial charge in [0, 0.05) is 11.9 Å². The summed E-state index contributed by atoms with van der Waals surface area (Å²) in [4.78, 5) is 28.4. The molecule has 0 aliphatic heterocycles. The number of carbonyl (C=O) groups is 2. The molecular formula is C32H28N2O4. The van der Waals surface area contributed by atoms with Gasteiger partial charge in [0.15, 0.2) is 0 Å². The van der Waals surface area contributed by atoms with Gasteiger partial charge in [0.25, 0.3) is 0 Å². The van der Waals surface area contributed by atoms with Crippen LogP contribution in [0.2, 0.25) is 0 Å². The smallest absolute Gasteiger partial charge is 0.307 e. The van der Waals surface area contributed by atoms with Crippen molar-refractivity contribution in [2.45, 2.75) is 32.4 Å². The Labute approximate surface area is 220 Å². The first kappa shape index (κ1) is 25.0. The van der Waals surface area contributed by atoms with E-state index < -0.39 is 5.97 Å². The van der Waals surface area contributed by atoms with Crippen LogP contribution in [0.4, 0.5) is 0 Å². The van der Waals surface area contributed by atoms with Gasteiger partial charge in [0.1, 0.15) is 12.4 Å². The van der Waals surface area contributed by atoms with Crippen LogP contribution in [0, 0.1) is 0 Å². The predicted molar refractivity (Wildman–Crippen MR) is 148 cm³/mol. The fraction of sp³-hybridized carbons (Fsp3) is 0.156. The van der Waals surface area contributed by atoms with Crippen molar-refractivity contribution >= 4 is 33.6 Å². The Hall–Kier alpha value is -4.71. The molecule has 0 saturated carbocycles. The molecule has 1 atom stereocenters. The summed E-state index contributed by atoms with van der Waals surface area (Å²) >= 11 is 0. The molecule has 0 fully saturated rings. The lowest BCUT2D eigenvalue weighted by Gasteiger charge is -2.14. The average molecular weight is 505 g/mol. The number of aliphatic carboxylic acids is 1. The highest BCUT2D eigenvalue weighted by Gasteiger charge is 2.15. The van der Waals surface area contributed by atoms with Crippen LogP contribution >= 0.6 is 0 Å². The number of aromatic nitrogens is 1. The second-order valence-electron chi connectivity index (χ2n) is 9.38. The molecule has 0 unspecified atom stereocenters. The molecule has 0 radical (unpaired) electrons. The molecule has 4 aromatic carbocycles. The van der Waals surface area contributed by atoms with Gasteiger partial charge >= 0.3 is 5.97 Å². The molecule has 0 saturated heterocycles. The van der Waals surface area contributed by atoms with E-state index >= 15 is 0 Å². The Kier molecular flexibility index (Phi) is 7.31. The van der Waals surface area contributed by atoms with E-state index in [1.54, 1.807) is 12.1 Å². The lowest BCUT2D eigenvalue weighted by molar-refractivity contribution is -0.136. The minimum atomic E-state index is -0.865. The molecule has 1 amide bonds. The van der Waals surface area contributed by atoms with E-state index in [0.29, 0.717) is 13.2 Å². The molecule has 0 spiro atoms. The largest absolute Gasteiger partial charge is 0.487 e. The molecule has 2 N–H and O–H groups in total. The highest BCUT2D eigenvalue weighted by Crippen LogP contribution is 2.26. The number of fused-ring (bicyclic) bond motifs is 2. The maximum atomic E-state index is 12.9. The van der Waals surface area contributed by atoms with Crippen molar-refractivity contribution in [2.75, 3.05) is 0 Å². The van der Waals surface area contributed by atoms with Crippen molar-refractivity contribution in [2.24, 2.45) is 0 Å². The molecule has 1 heterocycles. The number of hydrogen-bond donors (Lipinski definition) is 2. The zero-order chi connectivity index (χ0) is 26.5. The molecule has 6 nitrogen and oxygen atoms in total. The predicted octanol–water partition coefficient (Wildman–Crippen LogP) is 6.01. The molecule has 5 rings (SSSR count). The molecule has 0 bridgehead atoms. The third-order valence-corrected chi connectivity index (χ3v) is 6.62. The zero-order valence-corrected chi connectivity index (χ0v) is 21.1. The van der Waals surface area contributed by atoms with Gasteiger partial charge in [-0.25, -0.2) is 4.98 Å². The van der Waals surface area contributed by atoms with E-state index in [4.69, 9.17) is 9.84 Å². The fourth-order valence-corrected chi connectivity index (χ4v) is 4.39. The second-order valence-corrected chi connectivity index (χ2v) is 9.38. The number of rotatable bonds is 9. The van der Waals surface area contributed by atoms with Crippen LogP contribution in [0.1, 0.15) is 35.2 Å². The summed E-state index contributed by atoms with van der Waals surface area (Å²) in [5, 5.41) is 15.1. The molecule has 0 aliphatic carbocycles. The number of ether oxygens (including phenoxy) is 1. The summed E-state index contributed by atoms with van der Waals surface area (Å²) in [5.41, 5.74) is 4.37. The molecule has 1 aromatic heterocycles.